The fraction of sp³-hybridized carbons (Fsp3) is 0.929. The largest absolute Gasteiger partial charge is 0.396 e. The highest BCUT2D eigenvalue weighted by Crippen LogP contribution is 2.39. The van der Waals surface area contributed by atoms with E-state index in [-0.39, 0.29) is 23.5 Å². The Morgan fingerprint density at radius 1 is 1.44 bits per heavy atom. The third-order valence-electron chi connectivity index (χ3n) is 3.91. The Morgan fingerprint density at radius 3 is 2.44 bits per heavy atom. The first-order chi connectivity index (χ1) is 8.29. The molecule has 1 unspecified atom stereocenters. The summed E-state index contributed by atoms with van der Waals surface area (Å²) in [5, 5.41) is 15.9. The van der Waals surface area contributed by atoms with Gasteiger partial charge >= 0.3 is 0 Å². The summed E-state index contributed by atoms with van der Waals surface area (Å²) in [6.45, 7) is 8.92. The van der Waals surface area contributed by atoms with Crippen molar-refractivity contribution in [3.8, 4) is 0 Å². The molecule has 0 saturated heterocycles. The first kappa shape index (κ1) is 15.4. The molecule has 1 atom stereocenters. The molecule has 1 amide bonds. The van der Waals surface area contributed by atoms with Gasteiger partial charge in [-0.3, -0.25) is 4.79 Å². The molecular formula is C14H28N2O2. The second-order valence-electron chi connectivity index (χ2n) is 6.56. The first-order valence-corrected chi connectivity index (χ1v) is 6.92. The highest BCUT2D eigenvalue weighted by Gasteiger charge is 2.36. The van der Waals surface area contributed by atoms with Gasteiger partial charge < -0.3 is 15.7 Å². The normalized spacial score (nSPS) is 20.1. The third-order valence-corrected chi connectivity index (χ3v) is 3.91. The minimum atomic E-state index is -0.190. The van der Waals surface area contributed by atoms with E-state index in [0.29, 0.717) is 6.04 Å². The predicted molar refractivity (Wildman–Crippen MR) is 73.3 cm³/mol. The number of amides is 1. The molecule has 0 bridgehead atoms. The van der Waals surface area contributed by atoms with Gasteiger partial charge in [-0.15, -0.1) is 0 Å². The van der Waals surface area contributed by atoms with Crippen molar-refractivity contribution in [3.63, 3.8) is 0 Å². The Kier molecular flexibility index (Phi) is 5.17. The second-order valence-corrected chi connectivity index (χ2v) is 6.56. The summed E-state index contributed by atoms with van der Waals surface area (Å²) in [5.74, 6) is 0.0121. The Balaban J connectivity index is 2.32. The van der Waals surface area contributed by atoms with Gasteiger partial charge in [0.15, 0.2) is 0 Å². The number of aliphatic hydroxyl groups is 1. The summed E-state index contributed by atoms with van der Waals surface area (Å²) in [6, 6.07) is 0.330. The SMILES string of the molecule is CC(=O)NC(C)(C)CC(C)NCC1(CO)CCC1. The highest BCUT2D eigenvalue weighted by atomic mass is 16.3. The molecule has 0 aromatic carbocycles. The van der Waals surface area contributed by atoms with Crippen LogP contribution < -0.4 is 10.6 Å². The quantitative estimate of drug-likeness (QED) is 0.646. The van der Waals surface area contributed by atoms with Crippen molar-refractivity contribution in [3.05, 3.63) is 0 Å². The number of hydrogen-bond acceptors (Lipinski definition) is 3. The molecule has 1 fully saturated rings. The fourth-order valence-electron chi connectivity index (χ4n) is 2.82. The van der Waals surface area contributed by atoms with E-state index in [1.807, 2.05) is 13.8 Å². The van der Waals surface area contributed by atoms with E-state index in [4.69, 9.17) is 0 Å². The lowest BCUT2D eigenvalue weighted by Crippen LogP contribution is -2.50. The number of carbonyl (C=O) groups is 1. The maximum Gasteiger partial charge on any atom is 0.217 e. The molecule has 0 radical (unpaired) electrons. The molecule has 4 nitrogen and oxygen atoms in total. The zero-order chi connectivity index (χ0) is 13.8. The van der Waals surface area contributed by atoms with Gasteiger partial charge in [-0.2, -0.15) is 0 Å². The molecule has 0 aromatic rings. The minimum Gasteiger partial charge on any atom is -0.396 e. The van der Waals surface area contributed by atoms with Crippen molar-refractivity contribution in [1.82, 2.24) is 10.6 Å². The van der Waals surface area contributed by atoms with Crippen LogP contribution in [-0.2, 0) is 4.79 Å². The maximum absolute atomic E-state index is 11.1. The van der Waals surface area contributed by atoms with E-state index < -0.39 is 0 Å². The molecule has 0 spiro atoms. The summed E-state index contributed by atoms with van der Waals surface area (Å²) in [4.78, 5) is 11.1. The monoisotopic (exact) mass is 256 g/mol. The third kappa shape index (κ3) is 4.58. The summed E-state index contributed by atoms with van der Waals surface area (Å²) >= 11 is 0. The molecule has 1 aliphatic rings. The number of nitrogens with one attached hydrogen (secondary N) is 2. The van der Waals surface area contributed by atoms with Crippen LogP contribution in [0.15, 0.2) is 0 Å². The average molecular weight is 256 g/mol. The first-order valence-electron chi connectivity index (χ1n) is 6.92. The Hall–Kier alpha value is -0.610. The van der Waals surface area contributed by atoms with Crippen molar-refractivity contribution < 1.29 is 9.90 Å². The molecule has 106 valence electrons. The number of rotatable bonds is 7. The van der Waals surface area contributed by atoms with Gasteiger partial charge in [0, 0.05) is 37.1 Å². The van der Waals surface area contributed by atoms with Crippen LogP contribution in [0.5, 0.6) is 0 Å². The Bertz CT molecular complexity index is 280. The van der Waals surface area contributed by atoms with Crippen LogP contribution in [0.2, 0.25) is 0 Å². The average Bonchev–Trinajstić information content (AvgIpc) is 2.13. The standard InChI is InChI=1S/C14H28N2O2/c1-11(8-13(3,4)16-12(2)18)15-9-14(10-17)6-5-7-14/h11,15,17H,5-10H2,1-4H3,(H,16,18). The fourth-order valence-corrected chi connectivity index (χ4v) is 2.82. The van der Waals surface area contributed by atoms with Crippen molar-refractivity contribution in [1.29, 1.82) is 0 Å². The van der Waals surface area contributed by atoms with Crippen LogP contribution in [0.1, 0.15) is 53.4 Å². The highest BCUT2D eigenvalue weighted by molar-refractivity contribution is 5.73. The topological polar surface area (TPSA) is 61.4 Å². The van der Waals surface area contributed by atoms with Gasteiger partial charge in [0.1, 0.15) is 0 Å². The van der Waals surface area contributed by atoms with E-state index in [2.05, 4.69) is 17.6 Å². The Morgan fingerprint density at radius 2 is 2.06 bits per heavy atom. The van der Waals surface area contributed by atoms with Gasteiger partial charge in [0.2, 0.25) is 5.91 Å². The van der Waals surface area contributed by atoms with Crippen LogP contribution in [0.3, 0.4) is 0 Å². The lowest BCUT2D eigenvalue weighted by molar-refractivity contribution is -0.120. The Labute approximate surface area is 111 Å². The summed E-state index contributed by atoms with van der Waals surface area (Å²) < 4.78 is 0. The van der Waals surface area contributed by atoms with Gasteiger partial charge in [-0.05, 0) is 40.0 Å². The second kappa shape index (κ2) is 6.02. The zero-order valence-corrected chi connectivity index (χ0v) is 12.2. The minimum absolute atomic E-state index is 0.0121. The maximum atomic E-state index is 11.1. The predicted octanol–water partition coefficient (Wildman–Crippen LogP) is 1.43. The zero-order valence-electron chi connectivity index (χ0n) is 12.2. The molecule has 0 heterocycles. The van der Waals surface area contributed by atoms with Crippen molar-refractivity contribution in [2.24, 2.45) is 5.41 Å². The van der Waals surface area contributed by atoms with Crippen LogP contribution in [0.25, 0.3) is 0 Å². The molecule has 1 saturated carbocycles. The van der Waals surface area contributed by atoms with E-state index >= 15 is 0 Å². The molecule has 3 N–H and O–H groups in total. The molecule has 4 heteroatoms. The molecule has 0 aliphatic heterocycles. The van der Waals surface area contributed by atoms with E-state index in [0.717, 1.165) is 25.8 Å². The van der Waals surface area contributed by atoms with Crippen molar-refractivity contribution in [2.75, 3.05) is 13.2 Å². The van der Waals surface area contributed by atoms with Gasteiger partial charge in [0.25, 0.3) is 0 Å². The summed E-state index contributed by atoms with van der Waals surface area (Å²) in [5.41, 5.74) is -0.0728. The van der Waals surface area contributed by atoms with E-state index in [1.54, 1.807) is 6.92 Å². The number of hydrogen-bond donors (Lipinski definition) is 3. The van der Waals surface area contributed by atoms with Gasteiger partial charge in [-0.1, -0.05) is 6.42 Å². The van der Waals surface area contributed by atoms with Crippen LogP contribution in [0, 0.1) is 5.41 Å². The van der Waals surface area contributed by atoms with E-state index in [9.17, 15) is 9.90 Å². The van der Waals surface area contributed by atoms with E-state index in [1.165, 1.54) is 6.42 Å². The van der Waals surface area contributed by atoms with Crippen molar-refractivity contribution >= 4 is 5.91 Å². The summed E-state index contributed by atoms with van der Waals surface area (Å²) in [7, 11) is 0. The van der Waals surface area contributed by atoms with Crippen molar-refractivity contribution in [2.45, 2.75) is 65.0 Å². The lowest BCUT2D eigenvalue weighted by Gasteiger charge is -2.41. The lowest BCUT2D eigenvalue weighted by atomic mass is 9.69. The number of aliphatic hydroxyl groups excluding tert-OH is 1. The summed E-state index contributed by atoms with van der Waals surface area (Å²) in [6.07, 6.45) is 4.36. The van der Waals surface area contributed by atoms with Gasteiger partial charge in [-0.25, -0.2) is 0 Å². The van der Waals surface area contributed by atoms with Crippen LogP contribution >= 0.6 is 0 Å². The number of carbonyl (C=O) groups excluding carboxylic acids is 1. The molecule has 1 rings (SSSR count). The molecule has 18 heavy (non-hydrogen) atoms. The van der Waals surface area contributed by atoms with Gasteiger partial charge in [0.05, 0.1) is 0 Å². The molecule has 0 aromatic heterocycles. The van der Waals surface area contributed by atoms with Crippen LogP contribution in [-0.4, -0.2) is 35.7 Å². The molecule has 1 aliphatic carbocycles. The smallest absolute Gasteiger partial charge is 0.217 e. The molecular weight excluding hydrogens is 228 g/mol. The van der Waals surface area contributed by atoms with Crippen LogP contribution in [0.4, 0.5) is 0 Å².